The first-order valence-electron chi connectivity index (χ1n) is 3.06. The van der Waals surface area contributed by atoms with Crippen LogP contribution in [0.15, 0.2) is 0 Å². The van der Waals surface area contributed by atoms with Crippen LogP contribution in [-0.4, -0.2) is 96.4 Å². The van der Waals surface area contributed by atoms with E-state index in [2.05, 4.69) is 15.9 Å². The van der Waals surface area contributed by atoms with Gasteiger partial charge in [0, 0.05) is 20.9 Å². The summed E-state index contributed by atoms with van der Waals surface area (Å²) in [6.07, 6.45) is 0. The van der Waals surface area contributed by atoms with Gasteiger partial charge < -0.3 is 10.2 Å². The maximum Gasteiger partial charge on any atom is 2.00 e. The van der Waals surface area contributed by atoms with Crippen LogP contribution in [0.3, 0.4) is 0 Å². The van der Waals surface area contributed by atoms with E-state index in [1.54, 1.807) is 0 Å². The van der Waals surface area contributed by atoms with Gasteiger partial charge in [-0.05, 0) is 0 Å². The summed E-state index contributed by atoms with van der Waals surface area (Å²) in [5, 5.41) is 43.0. The van der Waals surface area contributed by atoms with Crippen molar-refractivity contribution in [2.45, 2.75) is 4.45 Å². The first-order valence-corrected chi connectivity index (χ1v) is 3.85. The maximum absolute atomic E-state index is 9.92. The topological polar surface area (TPSA) is 164 Å². The summed E-state index contributed by atoms with van der Waals surface area (Å²) in [5.74, 6) is 0. The number of hydrogen-bond donors (Lipinski definition) is 2. The number of aliphatic hydroxyl groups is 2. The van der Waals surface area contributed by atoms with Crippen LogP contribution < -0.4 is 10.0 Å². The Bertz CT molecular complexity index is 186. The molecule has 0 aliphatic rings. The zero-order valence-electron chi connectivity index (χ0n) is 7.95. The summed E-state index contributed by atoms with van der Waals surface area (Å²) in [6, 6.07) is 0. The molecule has 0 aliphatic carbocycles. The fourth-order valence-electron chi connectivity index (χ4n) is 0.165. The molecule has 0 heterocycles. The summed E-state index contributed by atoms with van der Waals surface area (Å²) in [6.45, 7) is -1.45. The van der Waals surface area contributed by atoms with Crippen molar-refractivity contribution in [2.24, 2.45) is 0 Å². The van der Waals surface area contributed by atoms with Crippen molar-refractivity contribution in [2.75, 3.05) is 13.2 Å². The van der Waals surface area contributed by atoms with Crippen molar-refractivity contribution in [1.29, 1.82) is 0 Å². The molecule has 0 aliphatic heterocycles. The molecule has 0 aromatic carbocycles. The van der Waals surface area contributed by atoms with E-state index in [0.717, 1.165) is 0 Å². The van der Waals surface area contributed by atoms with Gasteiger partial charge in [-0.1, -0.05) is 0 Å². The van der Waals surface area contributed by atoms with Gasteiger partial charge >= 0.3 is 87.5 Å². The Hall–Kier alpha value is 0.701. The van der Waals surface area contributed by atoms with Crippen LogP contribution >= 0.6 is 15.9 Å². The number of alkyl halides is 1. The molecule has 2 N–H and O–H groups in total. The van der Waals surface area contributed by atoms with Gasteiger partial charge in [-0.3, -0.25) is 10.1 Å². The van der Waals surface area contributed by atoms with Gasteiger partial charge in [0.25, 0.3) is 0 Å². The van der Waals surface area contributed by atoms with Crippen LogP contribution in [0, 0.1) is 10.1 Å². The Labute approximate surface area is 140 Å². The minimum atomic E-state index is -1.77. The number of halogens is 1. The van der Waals surface area contributed by atoms with Crippen molar-refractivity contribution < 1.29 is 34.6 Å². The van der Waals surface area contributed by atoms with Crippen molar-refractivity contribution in [3.05, 3.63) is 10.1 Å². The molecule has 0 saturated carbocycles. The Morgan fingerprint density at radius 3 is 1.38 bits per heavy atom. The second-order valence-electron chi connectivity index (χ2n) is 1.68. The molecule has 0 fully saturated rings. The van der Waals surface area contributed by atoms with Crippen molar-refractivity contribution >= 4 is 79.5 Å². The van der Waals surface area contributed by atoms with Crippen LogP contribution in [0.4, 0.5) is 0 Å². The fraction of sp³-hybridized carbons (Fsp3) is 1.00. The molecule has 0 unspecified atom stereocenters. The first-order chi connectivity index (χ1) is 6.89. The van der Waals surface area contributed by atoms with Gasteiger partial charge in [-0.15, -0.1) is 0 Å². The summed E-state index contributed by atoms with van der Waals surface area (Å²) in [5.41, 5.74) is 0. The molecular weight excluding hydrogens is 417 g/mol. The van der Waals surface area contributed by atoms with Crippen molar-refractivity contribution in [3.8, 4) is 0 Å². The molecule has 0 bridgehead atoms. The zero-order chi connectivity index (χ0) is 12.9. The second kappa shape index (κ2) is 18.1. The van der Waals surface area contributed by atoms with Crippen LogP contribution in [0.5, 0.6) is 0 Å². The molecule has 0 saturated heterocycles. The van der Waals surface area contributed by atoms with E-state index in [9.17, 15) is 10.1 Å². The SMILES string of the molecule is O=B[O-].O=B[O-].O=[N+]([O-])C(Br)(CO)CO.[Ba+2]. The van der Waals surface area contributed by atoms with Gasteiger partial charge in [0.2, 0.25) is 0 Å². The molecule has 86 valence electrons. The third-order valence-corrected chi connectivity index (χ3v) is 1.60. The third kappa shape index (κ3) is 17.1. The predicted octanol–water partition coefficient (Wildman–Crippen LogP) is -4.42. The van der Waals surface area contributed by atoms with Crippen molar-refractivity contribution in [1.82, 2.24) is 0 Å². The molecular formula is C3H6B2BaBrNO8. The smallest absolute Gasteiger partial charge is 0.388 e. The molecule has 9 nitrogen and oxygen atoms in total. The molecule has 16 heavy (non-hydrogen) atoms. The van der Waals surface area contributed by atoms with E-state index in [1.165, 1.54) is 0 Å². The Kier molecular flexibility index (Phi) is 28.8. The van der Waals surface area contributed by atoms with Gasteiger partial charge in [0.05, 0.1) is 0 Å². The van der Waals surface area contributed by atoms with E-state index in [4.69, 9.17) is 29.7 Å². The van der Waals surface area contributed by atoms with Crippen LogP contribution in [0.25, 0.3) is 0 Å². The summed E-state index contributed by atoms with van der Waals surface area (Å²) < 4.78 is 14.7. The molecule has 0 aromatic heterocycles. The standard InChI is InChI=1S/C3H6BrNO4.2BO2.Ba/c4-3(1-6,2-7)5(8)9;2*2-1-3;/h6-7H,1-2H2;;;/q;2*-1;+2. The molecule has 0 radical (unpaired) electrons. The Morgan fingerprint density at radius 2 is 1.38 bits per heavy atom. The number of rotatable bonds is 3. The van der Waals surface area contributed by atoms with Gasteiger partial charge in [-0.25, -0.2) is 0 Å². The van der Waals surface area contributed by atoms with E-state index in [-0.39, 0.29) is 48.9 Å². The normalized spacial score (nSPS) is 7.44. The minimum Gasteiger partial charge on any atom is -0.388 e. The van der Waals surface area contributed by atoms with E-state index in [1.807, 2.05) is 0 Å². The molecule has 13 heteroatoms. The summed E-state index contributed by atoms with van der Waals surface area (Å²) >= 11 is 2.55. The number of nitrogens with zero attached hydrogens (tertiary/aromatic N) is 1. The molecule has 0 spiro atoms. The molecule has 0 amide bonds. The van der Waals surface area contributed by atoms with E-state index < -0.39 is 37.3 Å². The average Bonchev–Trinajstić information content (AvgIpc) is 2.19. The number of hydrogen-bond acceptors (Lipinski definition) is 8. The zero-order valence-corrected chi connectivity index (χ0v) is 14.0. The molecule has 0 aromatic rings. The molecule has 0 rings (SSSR count). The van der Waals surface area contributed by atoms with Gasteiger partial charge in [-0.2, -0.15) is 0 Å². The second-order valence-corrected chi connectivity index (χ2v) is 3.16. The van der Waals surface area contributed by atoms with E-state index >= 15 is 0 Å². The summed E-state index contributed by atoms with van der Waals surface area (Å²) in [4.78, 5) is 9.14. The maximum atomic E-state index is 9.92. The van der Waals surface area contributed by atoms with E-state index in [0.29, 0.717) is 0 Å². The van der Waals surface area contributed by atoms with Gasteiger partial charge in [0.15, 0.2) is 0 Å². The third-order valence-electron chi connectivity index (χ3n) is 0.812. The Morgan fingerprint density at radius 1 is 1.19 bits per heavy atom. The van der Waals surface area contributed by atoms with Crippen LogP contribution in [0.2, 0.25) is 0 Å². The Balaban J connectivity index is -0.0000000870. The molecule has 0 atom stereocenters. The summed E-state index contributed by atoms with van der Waals surface area (Å²) in [7, 11) is -1.00. The largest absolute Gasteiger partial charge is 2.00 e. The first kappa shape index (κ1) is 25.5. The number of nitro groups is 1. The quantitative estimate of drug-likeness (QED) is 0.151. The fourth-order valence-corrected chi connectivity index (χ4v) is 0.165. The van der Waals surface area contributed by atoms with Crippen LogP contribution in [0.1, 0.15) is 0 Å². The minimum absolute atomic E-state index is 0. The van der Waals surface area contributed by atoms with Crippen LogP contribution in [-0.2, 0) is 9.41 Å². The number of aliphatic hydroxyl groups excluding tert-OH is 2. The van der Waals surface area contributed by atoms with Crippen molar-refractivity contribution in [3.63, 3.8) is 0 Å². The monoisotopic (exact) mass is 423 g/mol. The predicted molar refractivity (Wildman–Crippen MR) is 51.5 cm³/mol. The van der Waals surface area contributed by atoms with Gasteiger partial charge in [0.1, 0.15) is 13.2 Å². The average molecular weight is 423 g/mol.